The summed E-state index contributed by atoms with van der Waals surface area (Å²) in [5.41, 5.74) is 0.186. The molecule has 10 nitrogen and oxygen atoms in total. The Morgan fingerprint density at radius 2 is 1.37 bits per heavy atom. The van der Waals surface area contributed by atoms with Crippen LogP contribution in [0.4, 0.5) is 11.4 Å². The molecule has 41 heavy (non-hydrogen) atoms. The first kappa shape index (κ1) is 33.1. The third-order valence-corrected chi connectivity index (χ3v) is 6.56. The van der Waals surface area contributed by atoms with Crippen LogP contribution in [0.25, 0.3) is 0 Å². The Hall–Kier alpha value is -4.08. The van der Waals surface area contributed by atoms with E-state index in [0.717, 1.165) is 70.6 Å². The zero-order valence-corrected chi connectivity index (χ0v) is 23.7. The lowest BCUT2D eigenvalue weighted by atomic mass is 10.1. The molecule has 2 aromatic rings. The number of esters is 2. The number of nitrogens with zero attached hydrogens (tertiary/aromatic N) is 2. The van der Waals surface area contributed by atoms with Crippen molar-refractivity contribution in [1.82, 2.24) is 0 Å². The van der Waals surface area contributed by atoms with Crippen LogP contribution in [-0.4, -0.2) is 27.9 Å². The first-order valence-corrected chi connectivity index (χ1v) is 14.4. The third-order valence-electron chi connectivity index (χ3n) is 6.56. The van der Waals surface area contributed by atoms with Gasteiger partial charge in [-0.1, -0.05) is 57.6 Å². The Labute approximate surface area is 241 Å². The molecule has 0 N–H and O–H groups in total. The SMILES string of the molecule is CCCCCCC(C/C=C/CCCCCCCC(=O)Oc1ccc([N+](=O)[O-])cc1)OC(=O)c1ccc([N+](=O)[O-])cc1. The maximum atomic E-state index is 12.6. The summed E-state index contributed by atoms with van der Waals surface area (Å²) in [5, 5.41) is 21.5. The summed E-state index contributed by atoms with van der Waals surface area (Å²) in [5.74, 6) is -0.512. The first-order valence-electron chi connectivity index (χ1n) is 14.4. The van der Waals surface area contributed by atoms with Crippen molar-refractivity contribution in [1.29, 1.82) is 0 Å². The minimum absolute atomic E-state index is 0.0509. The number of ether oxygens (including phenoxy) is 2. The second kappa shape index (κ2) is 19.1. The molecule has 2 aromatic carbocycles. The van der Waals surface area contributed by atoms with E-state index in [4.69, 9.17) is 9.47 Å². The van der Waals surface area contributed by atoms with Crippen molar-refractivity contribution >= 4 is 23.3 Å². The van der Waals surface area contributed by atoms with E-state index < -0.39 is 15.8 Å². The number of nitro groups is 2. The van der Waals surface area contributed by atoms with Crippen LogP contribution in [0.15, 0.2) is 60.7 Å². The molecule has 0 aliphatic rings. The molecule has 0 aliphatic heterocycles. The van der Waals surface area contributed by atoms with Crippen molar-refractivity contribution in [3.05, 3.63) is 86.5 Å². The van der Waals surface area contributed by atoms with Crippen molar-refractivity contribution in [2.75, 3.05) is 0 Å². The summed E-state index contributed by atoms with van der Waals surface area (Å²) >= 11 is 0. The molecule has 0 saturated carbocycles. The molecule has 0 spiro atoms. The zero-order chi connectivity index (χ0) is 29.9. The Kier molecular flexibility index (Phi) is 15.4. The number of hydrogen-bond acceptors (Lipinski definition) is 8. The summed E-state index contributed by atoms with van der Waals surface area (Å²) in [4.78, 5) is 45.1. The van der Waals surface area contributed by atoms with E-state index in [-0.39, 0.29) is 23.4 Å². The largest absolute Gasteiger partial charge is 0.458 e. The molecule has 0 radical (unpaired) electrons. The topological polar surface area (TPSA) is 139 Å². The molecule has 0 saturated heterocycles. The van der Waals surface area contributed by atoms with Crippen molar-refractivity contribution in [3.8, 4) is 5.75 Å². The Morgan fingerprint density at radius 3 is 2.00 bits per heavy atom. The van der Waals surface area contributed by atoms with E-state index in [0.29, 0.717) is 24.2 Å². The van der Waals surface area contributed by atoms with E-state index in [1.54, 1.807) is 0 Å². The molecule has 1 unspecified atom stereocenters. The molecule has 0 heterocycles. The standard InChI is InChI=1S/C31H40N2O8/c1-2-3-4-11-14-28(41-31(35)25-17-19-26(20-18-25)32(36)37)15-12-9-7-5-6-8-10-13-16-30(34)40-29-23-21-27(22-24-29)33(38)39/h9,12,17-24,28H,2-8,10-11,13-16H2,1H3/b12-9+. The highest BCUT2D eigenvalue weighted by atomic mass is 16.6. The Balaban J connectivity index is 1.63. The van der Waals surface area contributed by atoms with E-state index in [9.17, 15) is 29.8 Å². The molecule has 2 rings (SSSR count). The van der Waals surface area contributed by atoms with Crippen LogP contribution in [0.3, 0.4) is 0 Å². The summed E-state index contributed by atoms with van der Waals surface area (Å²) in [6, 6.07) is 10.9. The molecule has 0 fully saturated rings. The van der Waals surface area contributed by atoms with Gasteiger partial charge in [-0.2, -0.15) is 0 Å². The van der Waals surface area contributed by atoms with Gasteiger partial charge < -0.3 is 9.47 Å². The summed E-state index contributed by atoms with van der Waals surface area (Å²) in [6.45, 7) is 2.15. The predicted octanol–water partition coefficient (Wildman–Crippen LogP) is 8.28. The highest BCUT2D eigenvalue weighted by Gasteiger charge is 2.16. The van der Waals surface area contributed by atoms with Crippen LogP contribution in [0.2, 0.25) is 0 Å². The third kappa shape index (κ3) is 13.7. The molecule has 0 amide bonds. The van der Waals surface area contributed by atoms with E-state index in [2.05, 4.69) is 19.1 Å². The Morgan fingerprint density at radius 1 is 0.780 bits per heavy atom. The fourth-order valence-corrected chi connectivity index (χ4v) is 4.21. The smallest absolute Gasteiger partial charge is 0.338 e. The van der Waals surface area contributed by atoms with Crippen LogP contribution in [0, 0.1) is 20.2 Å². The van der Waals surface area contributed by atoms with Gasteiger partial charge in [-0.15, -0.1) is 0 Å². The number of nitro benzene ring substituents is 2. The van der Waals surface area contributed by atoms with E-state index in [1.165, 1.54) is 48.5 Å². The minimum atomic E-state index is -0.503. The number of carbonyl (C=O) groups excluding carboxylic acids is 2. The minimum Gasteiger partial charge on any atom is -0.458 e. The molecule has 0 bridgehead atoms. The molecule has 0 aliphatic carbocycles. The van der Waals surface area contributed by atoms with Crippen molar-refractivity contribution < 1.29 is 28.9 Å². The summed E-state index contributed by atoms with van der Waals surface area (Å²) in [6.07, 6.45) is 15.6. The number of benzene rings is 2. The molecular weight excluding hydrogens is 528 g/mol. The van der Waals surface area contributed by atoms with E-state index >= 15 is 0 Å². The van der Waals surface area contributed by atoms with Crippen LogP contribution >= 0.6 is 0 Å². The van der Waals surface area contributed by atoms with Gasteiger partial charge in [-0.05, 0) is 56.4 Å². The van der Waals surface area contributed by atoms with Gasteiger partial charge in [0.15, 0.2) is 0 Å². The summed E-state index contributed by atoms with van der Waals surface area (Å²) in [7, 11) is 0. The molecule has 10 heteroatoms. The van der Waals surface area contributed by atoms with Gasteiger partial charge >= 0.3 is 11.9 Å². The lowest BCUT2D eigenvalue weighted by molar-refractivity contribution is -0.385. The number of hydrogen-bond donors (Lipinski definition) is 0. The first-order chi connectivity index (χ1) is 19.8. The maximum Gasteiger partial charge on any atom is 0.338 e. The van der Waals surface area contributed by atoms with Gasteiger partial charge in [-0.25, -0.2) is 4.79 Å². The van der Waals surface area contributed by atoms with Gasteiger partial charge in [-0.3, -0.25) is 25.0 Å². The van der Waals surface area contributed by atoms with Crippen LogP contribution < -0.4 is 4.74 Å². The summed E-state index contributed by atoms with van der Waals surface area (Å²) < 4.78 is 10.9. The van der Waals surface area contributed by atoms with Crippen molar-refractivity contribution in [2.45, 2.75) is 96.5 Å². The van der Waals surface area contributed by atoms with Gasteiger partial charge in [0, 0.05) is 37.1 Å². The van der Waals surface area contributed by atoms with Crippen LogP contribution in [-0.2, 0) is 9.53 Å². The maximum absolute atomic E-state index is 12.6. The predicted molar refractivity (Wildman–Crippen MR) is 156 cm³/mol. The van der Waals surface area contributed by atoms with Crippen molar-refractivity contribution in [2.24, 2.45) is 0 Å². The Bertz CT molecular complexity index is 1130. The molecule has 222 valence electrons. The zero-order valence-electron chi connectivity index (χ0n) is 23.7. The van der Waals surface area contributed by atoms with Gasteiger partial charge in [0.05, 0.1) is 15.4 Å². The monoisotopic (exact) mass is 568 g/mol. The second-order valence-corrected chi connectivity index (χ2v) is 9.92. The fourth-order valence-electron chi connectivity index (χ4n) is 4.21. The van der Waals surface area contributed by atoms with Crippen LogP contribution in [0.5, 0.6) is 5.75 Å². The highest BCUT2D eigenvalue weighted by molar-refractivity contribution is 5.89. The fraction of sp³-hybridized carbons (Fsp3) is 0.484. The van der Waals surface area contributed by atoms with Gasteiger partial charge in [0.25, 0.3) is 11.4 Å². The lowest BCUT2D eigenvalue weighted by Crippen LogP contribution is -2.18. The number of allylic oxidation sites excluding steroid dienone is 1. The lowest BCUT2D eigenvalue weighted by Gasteiger charge is -2.16. The molecule has 0 aromatic heterocycles. The quantitative estimate of drug-likeness (QED) is 0.0388. The number of rotatable bonds is 20. The normalized spacial score (nSPS) is 11.7. The van der Waals surface area contributed by atoms with Crippen LogP contribution in [0.1, 0.15) is 101 Å². The number of carbonyl (C=O) groups is 2. The average Bonchev–Trinajstić information content (AvgIpc) is 2.96. The second-order valence-electron chi connectivity index (χ2n) is 9.92. The number of non-ortho nitro benzene ring substituents is 2. The van der Waals surface area contributed by atoms with Crippen molar-refractivity contribution in [3.63, 3.8) is 0 Å². The molecule has 1 atom stereocenters. The average molecular weight is 569 g/mol. The highest BCUT2D eigenvalue weighted by Crippen LogP contribution is 2.19. The van der Waals surface area contributed by atoms with E-state index in [1.807, 2.05) is 0 Å². The number of unbranched alkanes of at least 4 members (excludes halogenated alkanes) is 8. The molecular formula is C31H40N2O8. The van der Waals surface area contributed by atoms with Gasteiger partial charge in [0.2, 0.25) is 0 Å². The van der Waals surface area contributed by atoms with Gasteiger partial charge in [0.1, 0.15) is 11.9 Å².